The maximum atomic E-state index is 12.3. The minimum Gasteiger partial charge on any atom is -0.508 e. The molecule has 0 aliphatic rings. The molecule has 18 heavy (non-hydrogen) atoms. The normalized spacial score (nSPS) is 10.3. The lowest BCUT2D eigenvalue weighted by molar-refractivity contribution is 0.103. The molecular formula is C15H14O3. The van der Waals surface area contributed by atoms with Crippen LogP contribution < -0.4 is 0 Å². The van der Waals surface area contributed by atoms with Crippen molar-refractivity contribution in [1.29, 1.82) is 0 Å². The van der Waals surface area contributed by atoms with E-state index in [2.05, 4.69) is 0 Å². The number of benzene rings is 2. The van der Waals surface area contributed by atoms with Crippen molar-refractivity contribution in [2.75, 3.05) is 0 Å². The number of hydrogen-bond acceptors (Lipinski definition) is 3. The highest BCUT2D eigenvalue weighted by atomic mass is 16.3. The molecule has 0 saturated carbocycles. The van der Waals surface area contributed by atoms with Gasteiger partial charge >= 0.3 is 0 Å². The zero-order valence-corrected chi connectivity index (χ0v) is 10.3. The molecule has 0 fully saturated rings. The smallest absolute Gasteiger partial charge is 0.193 e. The summed E-state index contributed by atoms with van der Waals surface area (Å²) in [6, 6.07) is 10.2. The summed E-state index contributed by atoms with van der Waals surface area (Å²) in [5.74, 6) is -0.314. The molecule has 0 bridgehead atoms. The van der Waals surface area contributed by atoms with Crippen LogP contribution in [0.3, 0.4) is 0 Å². The Bertz CT molecular complexity index is 601. The Kier molecular flexibility index (Phi) is 3.06. The number of aromatic hydroxyl groups is 2. The summed E-state index contributed by atoms with van der Waals surface area (Å²) in [6.07, 6.45) is 0. The van der Waals surface area contributed by atoms with Gasteiger partial charge in [-0.25, -0.2) is 0 Å². The van der Waals surface area contributed by atoms with Crippen molar-refractivity contribution in [3.05, 3.63) is 58.7 Å². The Morgan fingerprint density at radius 2 is 1.61 bits per heavy atom. The monoisotopic (exact) mass is 242 g/mol. The van der Waals surface area contributed by atoms with Crippen molar-refractivity contribution >= 4 is 5.78 Å². The summed E-state index contributed by atoms with van der Waals surface area (Å²) in [5.41, 5.74) is 1.72. The molecule has 2 aromatic rings. The van der Waals surface area contributed by atoms with Gasteiger partial charge in [0.15, 0.2) is 5.78 Å². The quantitative estimate of drug-likeness (QED) is 0.796. The fraction of sp³-hybridized carbons (Fsp3) is 0.133. The summed E-state index contributed by atoms with van der Waals surface area (Å²) in [7, 11) is 0. The van der Waals surface area contributed by atoms with E-state index < -0.39 is 0 Å². The van der Waals surface area contributed by atoms with Crippen LogP contribution in [0.25, 0.3) is 0 Å². The second-order valence-electron chi connectivity index (χ2n) is 4.24. The molecule has 0 aliphatic heterocycles. The number of carbonyl (C=O) groups is 1. The van der Waals surface area contributed by atoms with Gasteiger partial charge in [-0.05, 0) is 19.9 Å². The van der Waals surface area contributed by atoms with Crippen LogP contribution in [0, 0.1) is 13.8 Å². The molecular weight excluding hydrogens is 228 g/mol. The zero-order valence-electron chi connectivity index (χ0n) is 10.3. The van der Waals surface area contributed by atoms with Gasteiger partial charge in [0.2, 0.25) is 0 Å². The fourth-order valence-corrected chi connectivity index (χ4v) is 1.86. The van der Waals surface area contributed by atoms with Crippen molar-refractivity contribution in [3.8, 4) is 11.5 Å². The van der Waals surface area contributed by atoms with Crippen molar-refractivity contribution in [3.63, 3.8) is 0 Å². The summed E-state index contributed by atoms with van der Waals surface area (Å²) < 4.78 is 0. The number of phenols is 2. The van der Waals surface area contributed by atoms with Crippen molar-refractivity contribution in [2.24, 2.45) is 0 Å². The van der Waals surface area contributed by atoms with Gasteiger partial charge in [0.25, 0.3) is 0 Å². The Hall–Kier alpha value is -2.29. The average Bonchev–Trinajstić information content (AvgIpc) is 2.41. The zero-order chi connectivity index (χ0) is 13.3. The molecule has 2 N–H and O–H groups in total. The first-order chi connectivity index (χ1) is 8.52. The van der Waals surface area contributed by atoms with Crippen LogP contribution in [0.4, 0.5) is 0 Å². The minimum absolute atomic E-state index is 0.0331. The Labute approximate surface area is 105 Å². The molecule has 0 radical (unpaired) electrons. The number of phenolic OH excluding ortho intramolecular Hbond substituents is 2. The highest BCUT2D eigenvalue weighted by Gasteiger charge is 2.17. The predicted molar refractivity (Wildman–Crippen MR) is 69.1 cm³/mol. The van der Waals surface area contributed by atoms with Crippen LogP contribution in [0.2, 0.25) is 0 Å². The molecule has 2 aromatic carbocycles. The summed E-state index contributed by atoms with van der Waals surface area (Å²) in [6.45, 7) is 3.27. The van der Waals surface area contributed by atoms with E-state index in [0.717, 1.165) is 0 Å². The summed E-state index contributed by atoms with van der Waals surface area (Å²) in [4.78, 5) is 12.3. The van der Waals surface area contributed by atoms with Gasteiger partial charge < -0.3 is 10.2 Å². The van der Waals surface area contributed by atoms with Crippen LogP contribution in [-0.2, 0) is 0 Å². The minimum atomic E-state index is -0.210. The number of carbonyl (C=O) groups excluding carboxylic acids is 1. The van der Waals surface area contributed by atoms with E-state index >= 15 is 0 Å². The largest absolute Gasteiger partial charge is 0.508 e. The van der Waals surface area contributed by atoms with Crippen LogP contribution in [0.15, 0.2) is 36.4 Å². The predicted octanol–water partition coefficient (Wildman–Crippen LogP) is 2.95. The van der Waals surface area contributed by atoms with E-state index in [1.807, 2.05) is 6.07 Å². The molecule has 0 amide bonds. The van der Waals surface area contributed by atoms with Gasteiger partial charge in [0, 0.05) is 22.3 Å². The van der Waals surface area contributed by atoms with Crippen LogP contribution >= 0.6 is 0 Å². The number of ketones is 1. The maximum Gasteiger partial charge on any atom is 0.193 e. The average molecular weight is 242 g/mol. The van der Waals surface area contributed by atoms with Gasteiger partial charge in [-0.1, -0.05) is 30.3 Å². The lowest BCUT2D eigenvalue weighted by Gasteiger charge is -2.11. The number of rotatable bonds is 2. The Morgan fingerprint density at radius 3 is 2.22 bits per heavy atom. The maximum absolute atomic E-state index is 12.3. The van der Waals surface area contributed by atoms with E-state index in [-0.39, 0.29) is 17.3 Å². The highest BCUT2D eigenvalue weighted by Crippen LogP contribution is 2.33. The van der Waals surface area contributed by atoms with Crippen molar-refractivity contribution in [2.45, 2.75) is 13.8 Å². The van der Waals surface area contributed by atoms with Crippen LogP contribution in [0.5, 0.6) is 11.5 Å². The molecule has 3 nitrogen and oxygen atoms in total. The topological polar surface area (TPSA) is 57.5 Å². The van der Waals surface area contributed by atoms with E-state index in [9.17, 15) is 15.0 Å². The molecule has 3 heteroatoms. The molecule has 0 unspecified atom stereocenters. The highest BCUT2D eigenvalue weighted by molar-refractivity contribution is 6.10. The fourth-order valence-electron chi connectivity index (χ4n) is 1.86. The number of hydrogen-bond donors (Lipinski definition) is 2. The first kappa shape index (κ1) is 12.2. The third kappa shape index (κ3) is 1.95. The molecule has 0 heterocycles. The van der Waals surface area contributed by atoms with Gasteiger partial charge in [-0.2, -0.15) is 0 Å². The summed E-state index contributed by atoms with van der Waals surface area (Å²) >= 11 is 0. The molecule has 2 rings (SSSR count). The van der Waals surface area contributed by atoms with Gasteiger partial charge in [0.05, 0.1) is 0 Å². The molecule has 92 valence electrons. The van der Waals surface area contributed by atoms with Gasteiger partial charge in [-0.15, -0.1) is 0 Å². The Morgan fingerprint density at radius 1 is 1.00 bits per heavy atom. The molecule has 0 atom stereocenters. The molecule has 0 spiro atoms. The lowest BCUT2D eigenvalue weighted by atomic mass is 9.96. The third-order valence-electron chi connectivity index (χ3n) is 3.06. The van der Waals surface area contributed by atoms with Crippen molar-refractivity contribution in [1.82, 2.24) is 0 Å². The second-order valence-corrected chi connectivity index (χ2v) is 4.24. The first-order valence-corrected chi connectivity index (χ1v) is 5.64. The van der Waals surface area contributed by atoms with E-state index in [4.69, 9.17) is 0 Å². The van der Waals surface area contributed by atoms with E-state index in [0.29, 0.717) is 22.3 Å². The molecule has 0 saturated heterocycles. The van der Waals surface area contributed by atoms with Gasteiger partial charge in [-0.3, -0.25) is 4.79 Å². The summed E-state index contributed by atoms with van der Waals surface area (Å²) in [5, 5.41) is 19.5. The molecule has 0 aromatic heterocycles. The first-order valence-electron chi connectivity index (χ1n) is 5.64. The van der Waals surface area contributed by atoms with E-state index in [1.54, 1.807) is 38.1 Å². The van der Waals surface area contributed by atoms with Crippen LogP contribution in [0.1, 0.15) is 27.0 Å². The molecule has 0 aliphatic carbocycles. The third-order valence-corrected chi connectivity index (χ3v) is 3.06. The SMILES string of the molecule is Cc1c(O)cc(C(=O)c2ccccc2)c(C)c1O. The lowest BCUT2D eigenvalue weighted by Crippen LogP contribution is -2.04. The van der Waals surface area contributed by atoms with Gasteiger partial charge in [0.1, 0.15) is 11.5 Å². The van der Waals surface area contributed by atoms with Crippen LogP contribution in [-0.4, -0.2) is 16.0 Å². The second kappa shape index (κ2) is 4.53. The van der Waals surface area contributed by atoms with Crippen molar-refractivity contribution < 1.29 is 15.0 Å². The standard InChI is InChI=1S/C15H14O3/c1-9-12(8-13(16)10(2)14(9)17)15(18)11-6-4-3-5-7-11/h3-8,16-17H,1-2H3. The van der Waals surface area contributed by atoms with E-state index in [1.165, 1.54) is 6.07 Å². The Balaban J connectivity index is 2.56.